The number of hydrogen-bond donors (Lipinski definition) is 0. The average Bonchev–Trinajstić information content (AvgIpc) is 2.06. The molecule has 0 amide bonds. The molecule has 1 heteroatoms. The molecule has 0 aliphatic heterocycles. The van der Waals surface area contributed by atoms with E-state index in [1.807, 2.05) is 0 Å². The van der Waals surface area contributed by atoms with Crippen LogP contribution in [0.1, 0.15) is 0 Å². The van der Waals surface area contributed by atoms with Crippen molar-refractivity contribution in [3.05, 3.63) is 41.8 Å². The van der Waals surface area contributed by atoms with Gasteiger partial charge in [-0.3, -0.25) is 0 Å². The molecule has 0 aliphatic rings. The SMILES string of the molecule is C=[CH][Ge]([CH3])([CH3])[c]1ccccc1. The van der Waals surface area contributed by atoms with Crippen LogP contribution < -0.4 is 4.40 Å². The van der Waals surface area contributed by atoms with Crippen LogP contribution in [0.2, 0.25) is 11.5 Å². The molecule has 0 aliphatic carbocycles. The Kier molecular flexibility index (Phi) is 2.55. The summed E-state index contributed by atoms with van der Waals surface area (Å²) in [6.45, 7) is 3.89. The monoisotopic (exact) mass is 208 g/mol. The molecule has 0 fully saturated rings. The van der Waals surface area contributed by atoms with Gasteiger partial charge in [0.05, 0.1) is 0 Å². The molecule has 0 radical (unpaired) electrons. The fourth-order valence-electron chi connectivity index (χ4n) is 0.986. The van der Waals surface area contributed by atoms with Gasteiger partial charge in [-0.05, 0) is 0 Å². The Morgan fingerprint density at radius 3 is 2.18 bits per heavy atom. The Bertz CT molecular complexity index is 236. The zero-order chi connectivity index (χ0) is 8.32. The second-order valence-corrected chi connectivity index (χ2v) is 12.6. The van der Waals surface area contributed by atoms with E-state index in [4.69, 9.17) is 0 Å². The molecule has 0 saturated heterocycles. The van der Waals surface area contributed by atoms with Gasteiger partial charge in [-0.15, -0.1) is 0 Å². The van der Waals surface area contributed by atoms with Gasteiger partial charge in [-0.25, -0.2) is 0 Å². The minimum atomic E-state index is -1.78. The number of hydrogen-bond acceptors (Lipinski definition) is 0. The van der Waals surface area contributed by atoms with Crippen LogP contribution >= 0.6 is 0 Å². The third-order valence-electron chi connectivity index (χ3n) is 2.03. The first-order valence-electron chi connectivity index (χ1n) is 3.86. The Morgan fingerprint density at radius 1 is 1.18 bits per heavy atom. The van der Waals surface area contributed by atoms with Gasteiger partial charge in [0.25, 0.3) is 0 Å². The molecule has 0 bridgehead atoms. The van der Waals surface area contributed by atoms with Gasteiger partial charge in [0.2, 0.25) is 0 Å². The van der Waals surface area contributed by atoms with Crippen molar-refractivity contribution in [2.24, 2.45) is 0 Å². The molecule has 11 heavy (non-hydrogen) atoms. The Labute approximate surface area is 71.3 Å². The zero-order valence-corrected chi connectivity index (χ0v) is 9.27. The molecule has 1 aromatic rings. The molecule has 58 valence electrons. The van der Waals surface area contributed by atoms with Crippen molar-refractivity contribution >= 4 is 17.7 Å². The van der Waals surface area contributed by atoms with E-state index in [1.165, 1.54) is 4.40 Å². The molecule has 1 aromatic carbocycles. The molecule has 0 saturated carbocycles. The predicted octanol–water partition coefficient (Wildman–Crippen LogP) is 2.33. The Hall–Kier alpha value is -0.497. The van der Waals surface area contributed by atoms with Crippen molar-refractivity contribution in [1.82, 2.24) is 0 Å². The topological polar surface area (TPSA) is 0 Å². The molecule has 0 nitrogen and oxygen atoms in total. The van der Waals surface area contributed by atoms with Crippen LogP contribution in [0.25, 0.3) is 0 Å². The molecule has 0 aromatic heterocycles. The summed E-state index contributed by atoms with van der Waals surface area (Å²) in [7, 11) is 0. The third-order valence-corrected chi connectivity index (χ3v) is 7.99. The van der Waals surface area contributed by atoms with Gasteiger partial charge < -0.3 is 0 Å². The quantitative estimate of drug-likeness (QED) is 0.652. The number of benzene rings is 1. The van der Waals surface area contributed by atoms with E-state index >= 15 is 0 Å². The van der Waals surface area contributed by atoms with Crippen molar-refractivity contribution in [3.8, 4) is 0 Å². The molecule has 0 unspecified atom stereocenters. The van der Waals surface area contributed by atoms with E-state index in [-0.39, 0.29) is 0 Å². The van der Waals surface area contributed by atoms with Crippen LogP contribution in [-0.2, 0) is 0 Å². The predicted molar refractivity (Wildman–Crippen MR) is 53.8 cm³/mol. The fraction of sp³-hybridized carbons (Fsp3) is 0.200. The normalized spacial score (nSPS) is 11.1. The first-order valence-corrected chi connectivity index (χ1v) is 10.3. The standard InChI is InChI=1S/C10H14Ge/c1-4-11(2,3)10-8-6-5-7-9-10/h4-9H,1H2,2-3H3. The second kappa shape index (κ2) is 3.27. The van der Waals surface area contributed by atoms with E-state index in [0.717, 1.165) is 0 Å². The van der Waals surface area contributed by atoms with Gasteiger partial charge in [-0.1, -0.05) is 0 Å². The maximum atomic E-state index is 3.89. The second-order valence-electron chi connectivity index (χ2n) is 3.29. The molecule has 0 atom stereocenters. The molecular weight excluding hydrogens is 193 g/mol. The molecule has 0 N–H and O–H groups in total. The van der Waals surface area contributed by atoms with Crippen molar-refractivity contribution in [1.29, 1.82) is 0 Å². The van der Waals surface area contributed by atoms with E-state index in [0.29, 0.717) is 0 Å². The molecule has 0 heterocycles. The van der Waals surface area contributed by atoms with Crippen LogP contribution in [-0.4, -0.2) is 13.3 Å². The summed E-state index contributed by atoms with van der Waals surface area (Å²) in [5, 5.41) is 0. The summed E-state index contributed by atoms with van der Waals surface area (Å²) >= 11 is -1.78. The minimum absolute atomic E-state index is 1.50. The van der Waals surface area contributed by atoms with Gasteiger partial charge in [0.1, 0.15) is 0 Å². The molecular formula is C10H14Ge. The summed E-state index contributed by atoms with van der Waals surface area (Å²) in [5.74, 6) is 4.70. The van der Waals surface area contributed by atoms with Crippen LogP contribution in [0.4, 0.5) is 0 Å². The van der Waals surface area contributed by atoms with E-state index in [9.17, 15) is 0 Å². The van der Waals surface area contributed by atoms with Crippen LogP contribution in [0.3, 0.4) is 0 Å². The molecule has 1 rings (SSSR count). The summed E-state index contributed by atoms with van der Waals surface area (Å²) in [6, 6.07) is 10.7. The van der Waals surface area contributed by atoms with Gasteiger partial charge in [-0.2, -0.15) is 0 Å². The summed E-state index contributed by atoms with van der Waals surface area (Å²) in [4.78, 5) is 2.16. The van der Waals surface area contributed by atoms with Gasteiger partial charge in [0.15, 0.2) is 0 Å². The Morgan fingerprint density at radius 2 is 1.73 bits per heavy atom. The summed E-state index contributed by atoms with van der Waals surface area (Å²) < 4.78 is 1.50. The maximum absolute atomic E-state index is 3.89. The zero-order valence-electron chi connectivity index (χ0n) is 7.17. The first-order chi connectivity index (χ1) is 5.17. The molecule has 0 spiro atoms. The average molecular weight is 207 g/mol. The summed E-state index contributed by atoms with van der Waals surface area (Å²) in [6.07, 6.45) is 0. The van der Waals surface area contributed by atoms with Crippen LogP contribution in [0.5, 0.6) is 0 Å². The Balaban J connectivity index is 3.02. The van der Waals surface area contributed by atoms with Crippen molar-refractivity contribution in [3.63, 3.8) is 0 Å². The van der Waals surface area contributed by atoms with Crippen molar-refractivity contribution in [2.45, 2.75) is 11.5 Å². The van der Waals surface area contributed by atoms with Gasteiger partial charge in [0, 0.05) is 0 Å². The third kappa shape index (κ3) is 1.96. The van der Waals surface area contributed by atoms with E-state index in [1.54, 1.807) is 0 Å². The van der Waals surface area contributed by atoms with Crippen LogP contribution in [0, 0.1) is 0 Å². The first kappa shape index (κ1) is 8.60. The summed E-state index contributed by atoms with van der Waals surface area (Å²) in [5.41, 5.74) is 0. The number of rotatable bonds is 2. The van der Waals surface area contributed by atoms with E-state index < -0.39 is 13.3 Å². The van der Waals surface area contributed by atoms with Crippen molar-refractivity contribution < 1.29 is 0 Å². The van der Waals surface area contributed by atoms with E-state index in [2.05, 4.69) is 53.3 Å². The van der Waals surface area contributed by atoms with Crippen LogP contribution in [0.15, 0.2) is 41.8 Å². The van der Waals surface area contributed by atoms with Gasteiger partial charge >= 0.3 is 71.0 Å². The van der Waals surface area contributed by atoms with Crippen molar-refractivity contribution in [2.75, 3.05) is 0 Å². The fourth-order valence-corrected chi connectivity index (χ4v) is 3.69.